The molecule has 0 atom stereocenters. The summed E-state index contributed by atoms with van der Waals surface area (Å²) >= 11 is 18.7. The molecular formula is C17H15Cl2F3N2S2. The van der Waals surface area contributed by atoms with E-state index in [1.807, 2.05) is 6.07 Å². The Morgan fingerprint density at radius 3 is 2.58 bits per heavy atom. The maximum Gasteiger partial charge on any atom is 0.416 e. The third kappa shape index (κ3) is 6.87. The van der Waals surface area contributed by atoms with Crippen LogP contribution in [0.3, 0.4) is 0 Å². The molecule has 26 heavy (non-hydrogen) atoms. The van der Waals surface area contributed by atoms with Crippen LogP contribution in [0.25, 0.3) is 0 Å². The van der Waals surface area contributed by atoms with E-state index in [1.165, 1.54) is 12.1 Å². The fraction of sp³-hybridized carbons (Fsp3) is 0.235. The van der Waals surface area contributed by atoms with Crippen molar-refractivity contribution in [3.05, 3.63) is 63.6 Å². The summed E-state index contributed by atoms with van der Waals surface area (Å²) < 4.78 is 38.1. The molecule has 9 heteroatoms. The van der Waals surface area contributed by atoms with Gasteiger partial charge in [-0.1, -0.05) is 35.3 Å². The molecule has 0 aliphatic carbocycles. The highest BCUT2D eigenvalue weighted by Gasteiger charge is 2.30. The van der Waals surface area contributed by atoms with Crippen molar-refractivity contribution >= 4 is 58.0 Å². The predicted molar refractivity (Wildman–Crippen MR) is 108 cm³/mol. The number of nitrogens with one attached hydrogen (secondary N) is 2. The molecule has 0 bridgehead atoms. The summed E-state index contributed by atoms with van der Waals surface area (Å²) in [4.78, 5) is 0. The van der Waals surface area contributed by atoms with E-state index in [9.17, 15) is 13.2 Å². The van der Waals surface area contributed by atoms with Crippen LogP contribution < -0.4 is 10.6 Å². The van der Waals surface area contributed by atoms with Gasteiger partial charge in [0.2, 0.25) is 0 Å². The number of thioether (sulfide) groups is 1. The molecule has 0 aliphatic heterocycles. The molecule has 2 N–H and O–H groups in total. The van der Waals surface area contributed by atoms with Crippen LogP contribution in [0, 0.1) is 0 Å². The van der Waals surface area contributed by atoms with Gasteiger partial charge in [-0.3, -0.25) is 0 Å². The van der Waals surface area contributed by atoms with Gasteiger partial charge in [-0.05, 0) is 48.1 Å². The van der Waals surface area contributed by atoms with E-state index < -0.39 is 11.7 Å². The van der Waals surface area contributed by atoms with Gasteiger partial charge in [-0.25, -0.2) is 0 Å². The fourth-order valence-corrected chi connectivity index (χ4v) is 3.64. The largest absolute Gasteiger partial charge is 0.416 e. The smallest absolute Gasteiger partial charge is 0.362 e. The lowest BCUT2D eigenvalue weighted by Crippen LogP contribution is -2.30. The molecule has 0 saturated heterocycles. The van der Waals surface area contributed by atoms with Gasteiger partial charge in [0.25, 0.3) is 0 Å². The van der Waals surface area contributed by atoms with Gasteiger partial charge in [0.05, 0.1) is 5.56 Å². The number of halogens is 5. The minimum atomic E-state index is -4.38. The van der Waals surface area contributed by atoms with Crippen molar-refractivity contribution in [2.24, 2.45) is 0 Å². The molecule has 0 fully saturated rings. The first kappa shape index (κ1) is 21.2. The number of benzene rings is 2. The van der Waals surface area contributed by atoms with Crippen LogP contribution in [-0.4, -0.2) is 17.4 Å². The summed E-state index contributed by atoms with van der Waals surface area (Å²) in [5.74, 6) is 1.48. The summed E-state index contributed by atoms with van der Waals surface area (Å²) in [6.45, 7) is 0.570. The second-order valence-corrected chi connectivity index (χ2v) is 7.60. The maximum absolute atomic E-state index is 12.7. The molecule has 0 radical (unpaired) electrons. The van der Waals surface area contributed by atoms with Gasteiger partial charge >= 0.3 is 6.18 Å². The Kier molecular flexibility index (Phi) is 7.88. The van der Waals surface area contributed by atoms with Crippen molar-refractivity contribution in [2.45, 2.75) is 11.9 Å². The van der Waals surface area contributed by atoms with Gasteiger partial charge in [-0.15, -0.1) is 0 Å². The first-order valence-electron chi connectivity index (χ1n) is 7.49. The van der Waals surface area contributed by atoms with Crippen molar-refractivity contribution in [1.82, 2.24) is 5.32 Å². The Bertz CT molecular complexity index is 770. The molecule has 0 unspecified atom stereocenters. The molecule has 0 aliphatic rings. The minimum Gasteiger partial charge on any atom is -0.362 e. The van der Waals surface area contributed by atoms with Crippen LogP contribution in [0.2, 0.25) is 10.0 Å². The lowest BCUT2D eigenvalue weighted by Gasteiger charge is -2.12. The molecule has 0 heterocycles. The number of hydrogen-bond acceptors (Lipinski definition) is 2. The quantitative estimate of drug-likeness (QED) is 0.412. The van der Waals surface area contributed by atoms with Crippen LogP contribution in [0.4, 0.5) is 18.9 Å². The SMILES string of the molecule is FC(F)(F)c1cccc(NC(=S)NCCSCc2ccc(Cl)cc2Cl)c1. The van der Waals surface area contributed by atoms with Crippen molar-refractivity contribution in [2.75, 3.05) is 17.6 Å². The lowest BCUT2D eigenvalue weighted by molar-refractivity contribution is -0.137. The highest BCUT2D eigenvalue weighted by atomic mass is 35.5. The third-order valence-corrected chi connectivity index (χ3v) is 5.09. The van der Waals surface area contributed by atoms with Gasteiger partial charge in [0, 0.05) is 33.8 Å². The number of alkyl halides is 3. The summed E-state index contributed by atoms with van der Waals surface area (Å²) in [5.41, 5.74) is 0.560. The van der Waals surface area contributed by atoms with E-state index in [0.717, 1.165) is 29.2 Å². The minimum absolute atomic E-state index is 0.273. The van der Waals surface area contributed by atoms with Crippen LogP contribution in [0.15, 0.2) is 42.5 Å². The number of anilines is 1. The Morgan fingerprint density at radius 2 is 1.88 bits per heavy atom. The standard InChI is InChI=1S/C17H15Cl2F3N2S2/c18-13-5-4-11(15(19)9-13)10-26-7-6-23-16(25)24-14-3-1-2-12(8-14)17(20,21)22/h1-5,8-9H,6-7,10H2,(H2,23,24,25). The monoisotopic (exact) mass is 438 g/mol. The topological polar surface area (TPSA) is 24.1 Å². The average Bonchev–Trinajstić information content (AvgIpc) is 2.56. The molecule has 2 aromatic rings. The zero-order valence-electron chi connectivity index (χ0n) is 13.4. The Hall–Kier alpha value is -1.15. The van der Waals surface area contributed by atoms with Crippen molar-refractivity contribution in [3.8, 4) is 0 Å². The number of rotatable bonds is 6. The number of hydrogen-bond donors (Lipinski definition) is 2. The van der Waals surface area contributed by atoms with E-state index >= 15 is 0 Å². The summed E-state index contributed by atoms with van der Waals surface area (Å²) in [6.07, 6.45) is -4.38. The summed E-state index contributed by atoms with van der Waals surface area (Å²) in [5, 5.41) is 7.21. The van der Waals surface area contributed by atoms with Gasteiger partial charge in [-0.2, -0.15) is 24.9 Å². The molecule has 0 spiro atoms. The zero-order valence-corrected chi connectivity index (χ0v) is 16.5. The van der Waals surface area contributed by atoms with E-state index in [1.54, 1.807) is 23.9 Å². The van der Waals surface area contributed by atoms with Gasteiger partial charge in [0.1, 0.15) is 0 Å². The maximum atomic E-state index is 12.7. The first-order chi connectivity index (χ1) is 12.3. The second-order valence-electron chi connectivity index (χ2n) is 5.25. The van der Waals surface area contributed by atoms with Crippen LogP contribution in [0.5, 0.6) is 0 Å². The Morgan fingerprint density at radius 1 is 1.12 bits per heavy atom. The highest BCUT2D eigenvalue weighted by molar-refractivity contribution is 7.98. The molecule has 0 saturated carbocycles. The van der Waals surface area contributed by atoms with Gasteiger partial charge in [0.15, 0.2) is 5.11 Å². The third-order valence-electron chi connectivity index (χ3n) is 3.25. The second kappa shape index (κ2) is 9.69. The first-order valence-corrected chi connectivity index (χ1v) is 9.81. The molecule has 140 valence electrons. The molecule has 0 aromatic heterocycles. The van der Waals surface area contributed by atoms with Crippen molar-refractivity contribution in [3.63, 3.8) is 0 Å². The molecule has 2 aromatic carbocycles. The Balaban J connectivity index is 1.72. The van der Waals surface area contributed by atoms with Crippen LogP contribution in [-0.2, 0) is 11.9 Å². The fourth-order valence-electron chi connectivity index (χ4n) is 2.01. The van der Waals surface area contributed by atoms with Crippen LogP contribution in [0.1, 0.15) is 11.1 Å². The van der Waals surface area contributed by atoms with Crippen molar-refractivity contribution in [1.29, 1.82) is 0 Å². The summed E-state index contributed by atoms with van der Waals surface area (Å²) in [7, 11) is 0. The molecule has 2 nitrogen and oxygen atoms in total. The predicted octanol–water partition coefficient (Wildman–Crippen LogP) is 6.23. The van der Waals surface area contributed by atoms with E-state index in [2.05, 4.69) is 10.6 Å². The van der Waals surface area contributed by atoms with E-state index in [0.29, 0.717) is 16.6 Å². The lowest BCUT2D eigenvalue weighted by atomic mass is 10.2. The normalized spacial score (nSPS) is 11.3. The van der Waals surface area contributed by atoms with E-state index in [-0.39, 0.29) is 10.8 Å². The van der Waals surface area contributed by atoms with E-state index in [4.69, 9.17) is 35.4 Å². The molecular weight excluding hydrogens is 424 g/mol. The average molecular weight is 439 g/mol. The summed E-state index contributed by atoms with van der Waals surface area (Å²) in [6, 6.07) is 10.3. The Labute approximate surface area is 169 Å². The molecule has 0 amide bonds. The van der Waals surface area contributed by atoms with Crippen LogP contribution >= 0.6 is 47.2 Å². The molecule has 2 rings (SSSR count). The highest BCUT2D eigenvalue weighted by Crippen LogP contribution is 2.30. The number of thiocarbonyl (C=S) groups is 1. The zero-order chi connectivity index (χ0) is 19.2. The van der Waals surface area contributed by atoms with Crippen molar-refractivity contribution < 1.29 is 13.2 Å². The van der Waals surface area contributed by atoms with Gasteiger partial charge < -0.3 is 10.6 Å².